The lowest BCUT2D eigenvalue weighted by Crippen LogP contribution is -2.38. The lowest BCUT2D eigenvalue weighted by molar-refractivity contribution is 0.122. The standard InChI is InChI=1S/C9H12ClNO2S/c10-9-1-6(5-14-9)2-11-7-3-13-4-8(7)12/h1,5,7-8,11-12H,2-4H2/t7-,8-/m1/s1. The summed E-state index contributed by atoms with van der Waals surface area (Å²) in [5, 5.41) is 14.7. The van der Waals surface area contributed by atoms with Crippen molar-refractivity contribution in [2.24, 2.45) is 0 Å². The summed E-state index contributed by atoms with van der Waals surface area (Å²) in [5.74, 6) is 0. The van der Waals surface area contributed by atoms with Crippen LogP contribution in [0.15, 0.2) is 11.4 Å². The number of hydrogen-bond donors (Lipinski definition) is 2. The highest BCUT2D eigenvalue weighted by Gasteiger charge is 2.25. The van der Waals surface area contributed by atoms with Gasteiger partial charge in [0.15, 0.2) is 0 Å². The molecule has 0 aliphatic carbocycles. The Hall–Kier alpha value is -0.130. The molecule has 1 fully saturated rings. The number of thiophene rings is 1. The van der Waals surface area contributed by atoms with Crippen LogP contribution in [-0.4, -0.2) is 30.5 Å². The summed E-state index contributed by atoms with van der Waals surface area (Å²) in [6.45, 7) is 1.75. The number of aliphatic hydroxyl groups excluding tert-OH is 1. The van der Waals surface area contributed by atoms with Gasteiger partial charge < -0.3 is 15.2 Å². The van der Waals surface area contributed by atoms with Crippen LogP contribution in [0.1, 0.15) is 5.56 Å². The van der Waals surface area contributed by atoms with Gasteiger partial charge in [0.2, 0.25) is 0 Å². The Morgan fingerprint density at radius 3 is 3.07 bits per heavy atom. The Morgan fingerprint density at radius 2 is 2.50 bits per heavy atom. The van der Waals surface area contributed by atoms with Crippen LogP contribution < -0.4 is 5.32 Å². The van der Waals surface area contributed by atoms with Crippen molar-refractivity contribution in [2.75, 3.05) is 13.2 Å². The quantitative estimate of drug-likeness (QED) is 0.826. The minimum atomic E-state index is -0.385. The minimum Gasteiger partial charge on any atom is -0.389 e. The third-order valence-corrected chi connectivity index (χ3v) is 3.38. The van der Waals surface area contributed by atoms with Crippen LogP contribution in [0.3, 0.4) is 0 Å². The third-order valence-electron chi connectivity index (χ3n) is 2.24. The number of rotatable bonds is 3. The van der Waals surface area contributed by atoms with E-state index in [-0.39, 0.29) is 12.1 Å². The topological polar surface area (TPSA) is 41.5 Å². The van der Waals surface area contributed by atoms with Gasteiger partial charge in [-0.1, -0.05) is 11.6 Å². The van der Waals surface area contributed by atoms with E-state index < -0.39 is 0 Å². The van der Waals surface area contributed by atoms with Crippen LogP contribution >= 0.6 is 22.9 Å². The van der Waals surface area contributed by atoms with Crippen LogP contribution in [0.4, 0.5) is 0 Å². The number of hydrogen-bond acceptors (Lipinski definition) is 4. The molecule has 1 aromatic rings. The van der Waals surface area contributed by atoms with Gasteiger partial charge in [-0.15, -0.1) is 11.3 Å². The largest absolute Gasteiger partial charge is 0.389 e. The van der Waals surface area contributed by atoms with Crippen LogP contribution in [0.25, 0.3) is 0 Å². The normalized spacial score (nSPS) is 27.0. The average molecular weight is 234 g/mol. The zero-order valence-corrected chi connectivity index (χ0v) is 9.14. The molecule has 2 rings (SSSR count). The van der Waals surface area contributed by atoms with Crippen LogP contribution in [0.2, 0.25) is 4.34 Å². The molecular formula is C9H12ClNO2S. The molecule has 14 heavy (non-hydrogen) atoms. The molecule has 78 valence electrons. The molecule has 2 heterocycles. The molecule has 0 aromatic carbocycles. The highest BCUT2D eigenvalue weighted by molar-refractivity contribution is 7.14. The molecular weight excluding hydrogens is 222 g/mol. The maximum atomic E-state index is 9.46. The fraction of sp³-hybridized carbons (Fsp3) is 0.556. The first-order valence-electron chi connectivity index (χ1n) is 4.48. The summed E-state index contributed by atoms with van der Waals surface area (Å²) in [4.78, 5) is 0. The van der Waals surface area contributed by atoms with Crippen molar-refractivity contribution in [3.8, 4) is 0 Å². The van der Waals surface area contributed by atoms with Crippen molar-refractivity contribution >= 4 is 22.9 Å². The van der Waals surface area contributed by atoms with E-state index in [2.05, 4.69) is 5.32 Å². The predicted octanol–water partition coefficient (Wildman–Crippen LogP) is 1.25. The van der Waals surface area contributed by atoms with Crippen molar-refractivity contribution in [3.05, 3.63) is 21.3 Å². The highest BCUT2D eigenvalue weighted by atomic mass is 35.5. The molecule has 5 heteroatoms. The van der Waals surface area contributed by atoms with Gasteiger partial charge in [0, 0.05) is 6.54 Å². The van der Waals surface area contributed by atoms with Crippen LogP contribution in [0, 0.1) is 0 Å². The van der Waals surface area contributed by atoms with Crippen molar-refractivity contribution in [2.45, 2.75) is 18.7 Å². The molecule has 0 bridgehead atoms. The van der Waals surface area contributed by atoms with Crippen LogP contribution in [0.5, 0.6) is 0 Å². The second-order valence-electron chi connectivity index (χ2n) is 3.35. The highest BCUT2D eigenvalue weighted by Crippen LogP contribution is 2.20. The first kappa shape index (κ1) is 10.4. The first-order chi connectivity index (χ1) is 6.75. The smallest absolute Gasteiger partial charge is 0.0948 e. The maximum absolute atomic E-state index is 9.46. The number of ether oxygens (including phenoxy) is 1. The van der Waals surface area contributed by atoms with E-state index in [0.29, 0.717) is 13.2 Å². The number of aliphatic hydroxyl groups is 1. The fourth-order valence-corrected chi connectivity index (χ4v) is 2.33. The summed E-state index contributed by atoms with van der Waals surface area (Å²) >= 11 is 7.32. The Kier molecular flexibility index (Phi) is 3.41. The summed E-state index contributed by atoms with van der Waals surface area (Å²) in [6, 6.07) is 1.98. The SMILES string of the molecule is O[C@@H]1COC[C@H]1NCc1csc(Cl)c1. The molecule has 1 aliphatic heterocycles. The van der Waals surface area contributed by atoms with E-state index in [1.54, 1.807) is 0 Å². The van der Waals surface area contributed by atoms with E-state index in [0.717, 1.165) is 16.4 Å². The molecule has 3 nitrogen and oxygen atoms in total. The molecule has 0 radical (unpaired) electrons. The fourth-order valence-electron chi connectivity index (χ4n) is 1.43. The lowest BCUT2D eigenvalue weighted by Gasteiger charge is -2.13. The summed E-state index contributed by atoms with van der Waals surface area (Å²) in [6.07, 6.45) is -0.385. The number of halogens is 1. The average Bonchev–Trinajstić information content (AvgIpc) is 2.72. The molecule has 0 saturated carbocycles. The zero-order valence-electron chi connectivity index (χ0n) is 7.57. The summed E-state index contributed by atoms with van der Waals surface area (Å²) in [7, 11) is 0. The van der Waals surface area contributed by atoms with Gasteiger partial charge >= 0.3 is 0 Å². The van der Waals surface area contributed by atoms with Gasteiger partial charge in [0.05, 0.1) is 29.7 Å². The minimum absolute atomic E-state index is 0.0497. The van der Waals surface area contributed by atoms with Crippen molar-refractivity contribution in [1.82, 2.24) is 5.32 Å². The van der Waals surface area contributed by atoms with E-state index in [1.165, 1.54) is 11.3 Å². The van der Waals surface area contributed by atoms with E-state index >= 15 is 0 Å². The van der Waals surface area contributed by atoms with Gasteiger partial charge in [-0.3, -0.25) is 0 Å². The van der Waals surface area contributed by atoms with Crippen molar-refractivity contribution in [3.63, 3.8) is 0 Å². The van der Waals surface area contributed by atoms with Crippen molar-refractivity contribution in [1.29, 1.82) is 0 Å². The summed E-state index contributed by atoms with van der Waals surface area (Å²) in [5.41, 5.74) is 1.15. The Balaban J connectivity index is 1.82. The summed E-state index contributed by atoms with van der Waals surface area (Å²) < 4.78 is 5.92. The van der Waals surface area contributed by atoms with Gasteiger partial charge in [-0.05, 0) is 17.0 Å². The molecule has 1 aliphatic rings. The number of nitrogens with one attached hydrogen (secondary N) is 1. The lowest BCUT2D eigenvalue weighted by atomic mass is 10.2. The van der Waals surface area contributed by atoms with Crippen LogP contribution in [-0.2, 0) is 11.3 Å². The third kappa shape index (κ3) is 2.46. The second-order valence-corrected chi connectivity index (χ2v) is 4.89. The first-order valence-corrected chi connectivity index (χ1v) is 5.73. The van der Waals surface area contributed by atoms with Gasteiger partial charge in [-0.2, -0.15) is 0 Å². The molecule has 2 atom stereocenters. The van der Waals surface area contributed by atoms with Gasteiger partial charge in [-0.25, -0.2) is 0 Å². The zero-order chi connectivity index (χ0) is 9.97. The van der Waals surface area contributed by atoms with Gasteiger partial charge in [0.25, 0.3) is 0 Å². The monoisotopic (exact) mass is 233 g/mol. The Bertz CT molecular complexity index is 305. The molecule has 1 saturated heterocycles. The predicted molar refractivity (Wildman–Crippen MR) is 56.8 cm³/mol. The van der Waals surface area contributed by atoms with E-state index in [9.17, 15) is 5.11 Å². The van der Waals surface area contributed by atoms with Gasteiger partial charge in [0.1, 0.15) is 0 Å². The molecule has 0 spiro atoms. The van der Waals surface area contributed by atoms with Crippen molar-refractivity contribution < 1.29 is 9.84 Å². The molecule has 2 N–H and O–H groups in total. The molecule has 0 unspecified atom stereocenters. The maximum Gasteiger partial charge on any atom is 0.0948 e. The van der Waals surface area contributed by atoms with E-state index in [4.69, 9.17) is 16.3 Å². The molecule has 1 aromatic heterocycles. The Labute approximate surface area is 91.7 Å². The molecule has 0 amide bonds. The Morgan fingerprint density at radius 1 is 1.64 bits per heavy atom. The second kappa shape index (κ2) is 4.59. The van der Waals surface area contributed by atoms with E-state index in [1.807, 2.05) is 11.4 Å².